The second-order valence-electron chi connectivity index (χ2n) is 6.05. The summed E-state index contributed by atoms with van der Waals surface area (Å²) in [6, 6.07) is 12.6. The molecular formula is C18H19F2N. The van der Waals surface area contributed by atoms with Gasteiger partial charge in [-0.25, -0.2) is 8.78 Å². The molecule has 0 saturated heterocycles. The van der Waals surface area contributed by atoms with Gasteiger partial charge in [-0.05, 0) is 55.3 Å². The monoisotopic (exact) mass is 287 g/mol. The fraction of sp³-hybridized carbons (Fsp3) is 0.333. The zero-order valence-corrected chi connectivity index (χ0v) is 12.3. The van der Waals surface area contributed by atoms with Crippen LogP contribution in [0.15, 0.2) is 42.5 Å². The van der Waals surface area contributed by atoms with Crippen LogP contribution >= 0.6 is 0 Å². The van der Waals surface area contributed by atoms with E-state index in [0.29, 0.717) is 5.92 Å². The van der Waals surface area contributed by atoms with E-state index in [1.807, 2.05) is 6.07 Å². The molecule has 3 rings (SSSR count). The molecule has 0 bridgehead atoms. The van der Waals surface area contributed by atoms with Gasteiger partial charge in [0.05, 0.1) is 0 Å². The van der Waals surface area contributed by atoms with Gasteiger partial charge in [-0.1, -0.05) is 30.3 Å². The van der Waals surface area contributed by atoms with Crippen molar-refractivity contribution in [3.05, 3.63) is 70.8 Å². The molecule has 2 aromatic carbocycles. The van der Waals surface area contributed by atoms with E-state index in [9.17, 15) is 8.78 Å². The Bertz CT molecular complexity index is 651. The van der Waals surface area contributed by atoms with Gasteiger partial charge >= 0.3 is 0 Å². The molecule has 0 unspecified atom stereocenters. The fourth-order valence-corrected chi connectivity index (χ4v) is 3.40. The Morgan fingerprint density at radius 2 is 1.71 bits per heavy atom. The van der Waals surface area contributed by atoms with Crippen molar-refractivity contribution in [2.24, 2.45) is 0 Å². The van der Waals surface area contributed by atoms with E-state index >= 15 is 0 Å². The molecule has 0 saturated carbocycles. The van der Waals surface area contributed by atoms with Crippen molar-refractivity contribution in [2.45, 2.75) is 18.3 Å². The quantitative estimate of drug-likeness (QED) is 0.820. The maximum Gasteiger partial charge on any atom is 0.159 e. The Kier molecular flexibility index (Phi) is 3.77. The van der Waals surface area contributed by atoms with Crippen LogP contribution in [-0.4, -0.2) is 25.5 Å². The van der Waals surface area contributed by atoms with Gasteiger partial charge in [0.2, 0.25) is 0 Å². The third kappa shape index (κ3) is 2.70. The maximum atomic E-state index is 13.5. The van der Waals surface area contributed by atoms with Crippen LogP contribution in [-0.2, 0) is 0 Å². The van der Waals surface area contributed by atoms with Gasteiger partial charge in [0.25, 0.3) is 0 Å². The van der Waals surface area contributed by atoms with Crippen LogP contribution in [0.2, 0.25) is 0 Å². The molecule has 1 nitrogen and oxygen atoms in total. The first-order valence-electron chi connectivity index (χ1n) is 7.24. The van der Waals surface area contributed by atoms with Gasteiger partial charge in [0.1, 0.15) is 0 Å². The highest BCUT2D eigenvalue weighted by Crippen LogP contribution is 2.45. The first-order valence-corrected chi connectivity index (χ1v) is 7.24. The molecule has 21 heavy (non-hydrogen) atoms. The summed E-state index contributed by atoms with van der Waals surface area (Å²) >= 11 is 0. The molecule has 0 amide bonds. The zero-order chi connectivity index (χ0) is 15.0. The van der Waals surface area contributed by atoms with E-state index in [1.54, 1.807) is 6.07 Å². The van der Waals surface area contributed by atoms with Gasteiger partial charge in [-0.2, -0.15) is 0 Å². The highest BCUT2D eigenvalue weighted by molar-refractivity contribution is 5.45. The lowest BCUT2D eigenvalue weighted by Gasteiger charge is -2.17. The van der Waals surface area contributed by atoms with Crippen LogP contribution in [0.25, 0.3) is 0 Å². The summed E-state index contributed by atoms with van der Waals surface area (Å²) in [5.41, 5.74) is 3.44. The average Bonchev–Trinajstić information content (AvgIpc) is 2.80. The van der Waals surface area contributed by atoms with E-state index in [2.05, 4.69) is 37.2 Å². The number of likely N-dealkylation sites (N-methyl/N-ethyl adjacent to an activating group) is 1. The number of benzene rings is 2. The molecule has 0 spiro atoms. The number of nitrogens with zero attached hydrogens (tertiary/aromatic N) is 1. The van der Waals surface area contributed by atoms with Crippen molar-refractivity contribution < 1.29 is 8.78 Å². The minimum absolute atomic E-state index is 0.154. The summed E-state index contributed by atoms with van der Waals surface area (Å²) in [6.07, 6.45) is 0.947. The van der Waals surface area contributed by atoms with Crippen molar-refractivity contribution in [1.82, 2.24) is 4.90 Å². The maximum absolute atomic E-state index is 13.5. The lowest BCUT2D eigenvalue weighted by atomic mass is 9.92. The number of hydrogen-bond donors (Lipinski definition) is 0. The molecule has 0 heterocycles. The molecule has 0 N–H and O–H groups in total. The topological polar surface area (TPSA) is 3.24 Å². The van der Waals surface area contributed by atoms with E-state index in [4.69, 9.17) is 0 Å². The molecule has 0 radical (unpaired) electrons. The van der Waals surface area contributed by atoms with Gasteiger partial charge in [0, 0.05) is 12.5 Å². The van der Waals surface area contributed by atoms with Crippen LogP contribution in [0.3, 0.4) is 0 Å². The summed E-state index contributed by atoms with van der Waals surface area (Å²) < 4.78 is 26.7. The molecule has 1 aliphatic rings. The summed E-state index contributed by atoms with van der Waals surface area (Å²) in [5.74, 6) is -0.952. The van der Waals surface area contributed by atoms with Crippen molar-refractivity contribution in [3.63, 3.8) is 0 Å². The molecule has 2 aromatic rings. The van der Waals surface area contributed by atoms with Crippen molar-refractivity contribution in [3.8, 4) is 0 Å². The highest BCUT2D eigenvalue weighted by Gasteiger charge is 2.32. The standard InChI is InChI=1S/C18H19F2N/c1-21(2)11-13-9-16(15-6-4-3-5-14(13)15)12-7-8-17(19)18(20)10-12/h3-8,10,13,16H,9,11H2,1-2H3/t13-,16-/m0/s1. The molecule has 0 aromatic heterocycles. The molecule has 0 aliphatic heterocycles. The summed E-state index contributed by atoms with van der Waals surface area (Å²) in [6.45, 7) is 0.969. The zero-order valence-electron chi connectivity index (χ0n) is 12.3. The largest absolute Gasteiger partial charge is 0.309 e. The smallest absolute Gasteiger partial charge is 0.159 e. The highest BCUT2D eigenvalue weighted by atomic mass is 19.2. The first kappa shape index (κ1) is 14.2. The Hall–Kier alpha value is -1.74. The predicted octanol–water partition coefficient (Wildman–Crippen LogP) is 4.15. The minimum atomic E-state index is -0.783. The van der Waals surface area contributed by atoms with E-state index < -0.39 is 11.6 Å². The second kappa shape index (κ2) is 5.57. The predicted molar refractivity (Wildman–Crippen MR) is 80.6 cm³/mol. The second-order valence-corrected chi connectivity index (χ2v) is 6.05. The van der Waals surface area contributed by atoms with Gasteiger partial charge in [0.15, 0.2) is 11.6 Å². The molecule has 3 heteroatoms. The number of fused-ring (bicyclic) bond motifs is 1. The summed E-state index contributed by atoms with van der Waals surface area (Å²) in [5, 5.41) is 0. The van der Waals surface area contributed by atoms with Crippen LogP contribution in [0.5, 0.6) is 0 Å². The SMILES string of the molecule is CN(C)C[C@@H]1C[C@@H](c2ccc(F)c(F)c2)c2ccccc21. The molecule has 110 valence electrons. The lowest BCUT2D eigenvalue weighted by Crippen LogP contribution is -2.19. The Labute approximate surface area is 124 Å². The third-order valence-corrected chi connectivity index (χ3v) is 4.26. The van der Waals surface area contributed by atoms with Gasteiger partial charge in [-0.3, -0.25) is 0 Å². The average molecular weight is 287 g/mol. The van der Waals surface area contributed by atoms with E-state index in [-0.39, 0.29) is 5.92 Å². The Morgan fingerprint density at radius 3 is 2.38 bits per heavy atom. The summed E-state index contributed by atoms with van der Waals surface area (Å²) in [7, 11) is 4.13. The van der Waals surface area contributed by atoms with Crippen LogP contribution < -0.4 is 0 Å². The number of rotatable bonds is 3. The summed E-state index contributed by atoms with van der Waals surface area (Å²) in [4.78, 5) is 2.18. The van der Waals surface area contributed by atoms with Crippen molar-refractivity contribution in [2.75, 3.05) is 20.6 Å². The molecule has 2 atom stereocenters. The van der Waals surface area contributed by atoms with Crippen molar-refractivity contribution >= 4 is 0 Å². The van der Waals surface area contributed by atoms with Gasteiger partial charge < -0.3 is 4.90 Å². The molecule has 0 fully saturated rings. The minimum Gasteiger partial charge on any atom is -0.309 e. The van der Waals surface area contributed by atoms with Crippen LogP contribution in [0.1, 0.15) is 34.9 Å². The van der Waals surface area contributed by atoms with Crippen LogP contribution in [0.4, 0.5) is 8.78 Å². The van der Waals surface area contributed by atoms with Crippen LogP contribution in [0, 0.1) is 11.6 Å². The number of halogens is 2. The van der Waals surface area contributed by atoms with Gasteiger partial charge in [-0.15, -0.1) is 0 Å². The van der Waals surface area contributed by atoms with Crippen molar-refractivity contribution in [1.29, 1.82) is 0 Å². The third-order valence-electron chi connectivity index (χ3n) is 4.26. The van der Waals surface area contributed by atoms with E-state index in [0.717, 1.165) is 18.5 Å². The first-order chi connectivity index (χ1) is 10.1. The fourth-order valence-electron chi connectivity index (χ4n) is 3.40. The number of hydrogen-bond acceptors (Lipinski definition) is 1. The molecule has 1 aliphatic carbocycles. The normalized spacial score (nSPS) is 20.8. The Balaban J connectivity index is 1.99. The lowest BCUT2D eigenvalue weighted by molar-refractivity contribution is 0.368. The van der Waals surface area contributed by atoms with E-state index in [1.165, 1.54) is 23.3 Å². The molecular weight excluding hydrogens is 268 g/mol. The Morgan fingerprint density at radius 1 is 1.00 bits per heavy atom.